The molecule has 1 aliphatic rings. The van der Waals surface area contributed by atoms with Crippen molar-refractivity contribution in [3.63, 3.8) is 0 Å². The molecule has 98 valence electrons. The lowest BCUT2D eigenvalue weighted by Crippen LogP contribution is -2.41. The SMILES string of the molecule is Cl.O=C1CNCCC1C(=O)OCc1ccccc1. The lowest BCUT2D eigenvalue weighted by Gasteiger charge is -2.19. The van der Waals surface area contributed by atoms with E-state index in [2.05, 4.69) is 5.32 Å². The minimum absolute atomic E-state index is 0. The highest BCUT2D eigenvalue weighted by molar-refractivity contribution is 6.00. The molecule has 4 nitrogen and oxygen atoms in total. The second-order valence-corrected chi connectivity index (χ2v) is 4.08. The molecule has 2 rings (SSSR count). The number of carbonyl (C=O) groups is 2. The summed E-state index contributed by atoms with van der Waals surface area (Å²) in [6.45, 7) is 1.19. The van der Waals surface area contributed by atoms with Gasteiger partial charge in [0.2, 0.25) is 0 Å². The number of carbonyl (C=O) groups excluding carboxylic acids is 2. The van der Waals surface area contributed by atoms with Gasteiger partial charge in [-0.3, -0.25) is 9.59 Å². The monoisotopic (exact) mass is 269 g/mol. The van der Waals surface area contributed by atoms with Crippen molar-refractivity contribution < 1.29 is 14.3 Å². The first-order valence-corrected chi connectivity index (χ1v) is 5.71. The topological polar surface area (TPSA) is 55.4 Å². The molecule has 1 saturated heterocycles. The number of halogens is 1. The first-order valence-electron chi connectivity index (χ1n) is 5.71. The van der Waals surface area contributed by atoms with Gasteiger partial charge in [0.1, 0.15) is 12.5 Å². The van der Waals surface area contributed by atoms with E-state index in [1.54, 1.807) is 0 Å². The van der Waals surface area contributed by atoms with Crippen molar-refractivity contribution in [2.75, 3.05) is 13.1 Å². The number of hydrogen-bond acceptors (Lipinski definition) is 4. The minimum atomic E-state index is -0.583. The summed E-state index contributed by atoms with van der Waals surface area (Å²) in [6, 6.07) is 9.45. The first kappa shape index (κ1) is 14.7. The molecule has 1 aromatic carbocycles. The summed E-state index contributed by atoms with van der Waals surface area (Å²) < 4.78 is 5.15. The van der Waals surface area contributed by atoms with E-state index >= 15 is 0 Å². The highest BCUT2D eigenvalue weighted by Crippen LogP contribution is 2.12. The second kappa shape index (κ2) is 7.13. The summed E-state index contributed by atoms with van der Waals surface area (Å²) in [4.78, 5) is 23.2. The molecule has 0 saturated carbocycles. The molecule has 5 heteroatoms. The summed E-state index contributed by atoms with van der Waals surface area (Å²) >= 11 is 0. The third kappa shape index (κ3) is 3.82. The van der Waals surface area contributed by atoms with Gasteiger partial charge in [-0.25, -0.2) is 0 Å². The van der Waals surface area contributed by atoms with Gasteiger partial charge >= 0.3 is 5.97 Å². The Balaban J connectivity index is 0.00000162. The predicted octanol–water partition coefficient (Wildman–Crippen LogP) is 1.33. The molecule has 0 aliphatic carbocycles. The van der Waals surface area contributed by atoms with E-state index in [-0.39, 0.29) is 31.3 Å². The molecule has 1 aliphatic heterocycles. The quantitative estimate of drug-likeness (QED) is 0.664. The van der Waals surface area contributed by atoms with Crippen LogP contribution in [-0.4, -0.2) is 24.8 Å². The van der Waals surface area contributed by atoms with Gasteiger partial charge in [-0.2, -0.15) is 0 Å². The maximum atomic E-state index is 11.7. The Bertz CT molecular complexity index is 408. The number of rotatable bonds is 3. The summed E-state index contributed by atoms with van der Waals surface area (Å²) in [5.41, 5.74) is 0.933. The van der Waals surface area contributed by atoms with Gasteiger partial charge in [0.25, 0.3) is 0 Å². The van der Waals surface area contributed by atoms with Crippen molar-refractivity contribution in [3.05, 3.63) is 35.9 Å². The summed E-state index contributed by atoms with van der Waals surface area (Å²) in [6.07, 6.45) is 0.534. The van der Waals surface area contributed by atoms with Gasteiger partial charge < -0.3 is 10.1 Å². The molecule has 0 amide bonds. The van der Waals surface area contributed by atoms with Gasteiger partial charge in [-0.05, 0) is 18.5 Å². The van der Waals surface area contributed by atoms with Gasteiger partial charge in [-0.1, -0.05) is 30.3 Å². The molecule has 1 aromatic rings. The maximum Gasteiger partial charge on any atom is 0.316 e. The molecule has 0 aromatic heterocycles. The Morgan fingerprint density at radius 2 is 2.06 bits per heavy atom. The average molecular weight is 270 g/mol. The minimum Gasteiger partial charge on any atom is -0.460 e. The third-order valence-electron chi connectivity index (χ3n) is 2.81. The Kier molecular flexibility index (Phi) is 5.82. The standard InChI is InChI=1S/C13H15NO3.ClH/c15-12-8-14-7-6-11(12)13(16)17-9-10-4-2-1-3-5-10;/h1-5,11,14H,6-9H2;1H. The molecule has 1 atom stereocenters. The number of hydrogen-bond donors (Lipinski definition) is 1. The van der Waals surface area contributed by atoms with E-state index in [0.29, 0.717) is 13.0 Å². The van der Waals surface area contributed by atoms with Crippen LogP contribution in [0.15, 0.2) is 30.3 Å². The second-order valence-electron chi connectivity index (χ2n) is 4.08. The third-order valence-corrected chi connectivity index (χ3v) is 2.81. The van der Waals surface area contributed by atoms with Crippen molar-refractivity contribution in [1.29, 1.82) is 0 Å². The molecular formula is C13H16ClNO3. The van der Waals surface area contributed by atoms with Gasteiger partial charge in [0.15, 0.2) is 5.78 Å². The maximum absolute atomic E-state index is 11.7. The zero-order valence-corrected chi connectivity index (χ0v) is 10.7. The number of nitrogens with one attached hydrogen (secondary N) is 1. The predicted molar refractivity (Wildman–Crippen MR) is 69.5 cm³/mol. The molecular weight excluding hydrogens is 254 g/mol. The Hall–Kier alpha value is -1.39. The van der Waals surface area contributed by atoms with E-state index < -0.39 is 11.9 Å². The number of Topliss-reactive ketones (excluding diaryl/α,β-unsaturated/α-hetero) is 1. The van der Waals surface area contributed by atoms with Gasteiger partial charge in [0, 0.05) is 0 Å². The van der Waals surface area contributed by atoms with E-state index in [4.69, 9.17) is 4.74 Å². The number of piperidine rings is 1. The summed E-state index contributed by atoms with van der Waals surface area (Å²) in [7, 11) is 0. The Morgan fingerprint density at radius 1 is 1.33 bits per heavy atom. The largest absolute Gasteiger partial charge is 0.460 e. The van der Waals surface area contributed by atoms with Crippen LogP contribution in [0, 0.1) is 5.92 Å². The Labute approximate surface area is 112 Å². The van der Waals surface area contributed by atoms with Crippen LogP contribution in [0.4, 0.5) is 0 Å². The zero-order chi connectivity index (χ0) is 12.1. The van der Waals surface area contributed by atoms with Crippen molar-refractivity contribution in [2.45, 2.75) is 13.0 Å². The van der Waals surface area contributed by atoms with E-state index in [9.17, 15) is 9.59 Å². The number of benzene rings is 1. The molecule has 1 unspecified atom stereocenters. The molecule has 0 spiro atoms. The van der Waals surface area contributed by atoms with Crippen molar-refractivity contribution >= 4 is 24.2 Å². The van der Waals surface area contributed by atoms with Crippen LogP contribution in [0.3, 0.4) is 0 Å². The number of ether oxygens (including phenoxy) is 1. The van der Waals surface area contributed by atoms with Crippen molar-refractivity contribution in [3.8, 4) is 0 Å². The van der Waals surface area contributed by atoms with Crippen molar-refractivity contribution in [2.24, 2.45) is 5.92 Å². The van der Waals surface area contributed by atoms with Crippen LogP contribution in [0.5, 0.6) is 0 Å². The normalized spacial score (nSPS) is 18.9. The highest BCUT2D eigenvalue weighted by atomic mass is 35.5. The fraction of sp³-hybridized carbons (Fsp3) is 0.385. The van der Waals surface area contributed by atoms with Crippen LogP contribution >= 0.6 is 12.4 Å². The lowest BCUT2D eigenvalue weighted by molar-refractivity contribution is -0.154. The van der Waals surface area contributed by atoms with E-state index in [0.717, 1.165) is 5.56 Å². The molecule has 0 bridgehead atoms. The van der Waals surface area contributed by atoms with Crippen LogP contribution < -0.4 is 5.32 Å². The lowest BCUT2D eigenvalue weighted by atomic mass is 9.97. The number of esters is 1. The fourth-order valence-corrected chi connectivity index (χ4v) is 1.82. The molecule has 0 radical (unpaired) electrons. The molecule has 1 fully saturated rings. The molecule has 18 heavy (non-hydrogen) atoms. The van der Waals surface area contributed by atoms with E-state index in [1.807, 2.05) is 30.3 Å². The average Bonchev–Trinajstić information content (AvgIpc) is 2.38. The first-order chi connectivity index (χ1) is 8.27. The smallest absolute Gasteiger partial charge is 0.316 e. The highest BCUT2D eigenvalue weighted by Gasteiger charge is 2.29. The van der Waals surface area contributed by atoms with Gasteiger partial charge in [-0.15, -0.1) is 12.4 Å². The van der Waals surface area contributed by atoms with Crippen LogP contribution in [0.2, 0.25) is 0 Å². The summed E-state index contributed by atoms with van der Waals surface area (Å²) in [5.74, 6) is -1.06. The molecule has 1 N–H and O–H groups in total. The zero-order valence-electron chi connectivity index (χ0n) is 9.93. The van der Waals surface area contributed by atoms with Crippen molar-refractivity contribution in [1.82, 2.24) is 5.32 Å². The van der Waals surface area contributed by atoms with Crippen LogP contribution in [0.25, 0.3) is 0 Å². The number of ketones is 1. The Morgan fingerprint density at radius 3 is 2.72 bits per heavy atom. The summed E-state index contributed by atoms with van der Waals surface area (Å²) in [5, 5.41) is 2.94. The fourth-order valence-electron chi connectivity index (χ4n) is 1.82. The van der Waals surface area contributed by atoms with Crippen LogP contribution in [-0.2, 0) is 20.9 Å². The van der Waals surface area contributed by atoms with E-state index in [1.165, 1.54) is 0 Å². The molecule has 1 heterocycles. The van der Waals surface area contributed by atoms with Crippen LogP contribution in [0.1, 0.15) is 12.0 Å². The van der Waals surface area contributed by atoms with Gasteiger partial charge in [0.05, 0.1) is 6.54 Å².